The Kier molecular flexibility index (Phi) is 6.66. The molecule has 0 aliphatic carbocycles. The molecule has 0 fully saturated rings. The number of hydrogen-bond donors (Lipinski definition) is 1. The molecule has 2 heteroatoms. The van der Waals surface area contributed by atoms with Crippen LogP contribution in [0.3, 0.4) is 0 Å². The summed E-state index contributed by atoms with van der Waals surface area (Å²) in [5.74, 6) is 0.331. The summed E-state index contributed by atoms with van der Waals surface area (Å²) in [7, 11) is 0. The molecule has 0 aliphatic rings. The van der Waals surface area contributed by atoms with E-state index in [1.54, 1.807) is 0 Å². The highest BCUT2D eigenvalue weighted by molar-refractivity contribution is 5.95. The minimum atomic E-state index is -0.295. The van der Waals surface area contributed by atoms with Gasteiger partial charge in [0.1, 0.15) is 5.76 Å². The van der Waals surface area contributed by atoms with E-state index < -0.39 is 0 Å². The largest absolute Gasteiger partial charge is 0.512 e. The Morgan fingerprint density at radius 3 is 1.61 bits per heavy atom. The molecule has 0 rings (SSSR count). The summed E-state index contributed by atoms with van der Waals surface area (Å²) >= 11 is 0. The lowest BCUT2D eigenvalue weighted by Crippen LogP contribution is -2.29. The van der Waals surface area contributed by atoms with E-state index in [0.29, 0.717) is 0 Å². The minimum Gasteiger partial charge on any atom is -0.512 e. The number of aliphatic hydroxyl groups excluding tert-OH is 1. The summed E-state index contributed by atoms with van der Waals surface area (Å²) in [6, 6.07) is 0. The third-order valence-electron chi connectivity index (χ3n) is 5.00. The fourth-order valence-electron chi connectivity index (χ4n) is 2.34. The van der Waals surface area contributed by atoms with Crippen molar-refractivity contribution >= 4 is 5.78 Å². The first-order chi connectivity index (χ1) is 8.35. The van der Waals surface area contributed by atoms with Gasteiger partial charge in [-0.25, -0.2) is 0 Å². The lowest BCUT2D eigenvalue weighted by atomic mass is 9.74. The number of ketones is 1. The zero-order valence-corrected chi connectivity index (χ0v) is 13.0. The molecule has 0 heterocycles. The summed E-state index contributed by atoms with van der Waals surface area (Å²) in [5, 5.41) is 10.2. The van der Waals surface area contributed by atoms with Gasteiger partial charge in [-0.05, 0) is 32.1 Å². The van der Waals surface area contributed by atoms with Crippen molar-refractivity contribution in [1.29, 1.82) is 0 Å². The van der Waals surface area contributed by atoms with Crippen molar-refractivity contribution in [2.24, 2.45) is 10.8 Å². The molecule has 0 spiro atoms. The van der Waals surface area contributed by atoms with Gasteiger partial charge in [0.25, 0.3) is 0 Å². The monoisotopic (exact) mass is 254 g/mol. The van der Waals surface area contributed by atoms with Gasteiger partial charge in [0.05, 0.1) is 0 Å². The lowest BCUT2D eigenvalue weighted by molar-refractivity contribution is -0.124. The predicted octanol–water partition coefficient (Wildman–Crippen LogP) is 5.04. The summed E-state index contributed by atoms with van der Waals surface area (Å²) in [6.07, 6.45) is 5.67. The Labute approximate surface area is 112 Å². The second-order valence-corrected chi connectivity index (χ2v) is 5.50. The second kappa shape index (κ2) is 6.96. The van der Waals surface area contributed by atoms with Crippen LogP contribution >= 0.6 is 0 Å². The van der Waals surface area contributed by atoms with Gasteiger partial charge >= 0.3 is 0 Å². The number of rotatable bonds is 8. The predicted molar refractivity (Wildman–Crippen MR) is 77.7 cm³/mol. The van der Waals surface area contributed by atoms with Crippen LogP contribution in [0.4, 0.5) is 0 Å². The van der Waals surface area contributed by atoms with Gasteiger partial charge in [-0.2, -0.15) is 0 Å². The van der Waals surface area contributed by atoms with Crippen molar-refractivity contribution in [1.82, 2.24) is 0 Å². The highest BCUT2D eigenvalue weighted by Crippen LogP contribution is 2.36. The molecule has 2 nitrogen and oxygen atoms in total. The average Bonchev–Trinajstić information content (AvgIpc) is 2.40. The molecule has 0 saturated heterocycles. The molecule has 0 unspecified atom stereocenters. The molecule has 0 aliphatic heterocycles. The summed E-state index contributed by atoms with van der Waals surface area (Å²) in [5.41, 5.74) is -0.563. The first-order valence-corrected chi connectivity index (χ1v) is 7.31. The fraction of sp³-hybridized carbons (Fsp3) is 0.812. The van der Waals surface area contributed by atoms with Crippen molar-refractivity contribution in [2.75, 3.05) is 0 Å². The van der Waals surface area contributed by atoms with Gasteiger partial charge in [-0.3, -0.25) is 4.79 Å². The van der Waals surface area contributed by atoms with E-state index >= 15 is 0 Å². The van der Waals surface area contributed by atoms with Crippen LogP contribution in [0.1, 0.15) is 73.6 Å². The highest BCUT2D eigenvalue weighted by atomic mass is 16.3. The van der Waals surface area contributed by atoms with Crippen molar-refractivity contribution in [3.63, 3.8) is 0 Å². The Hall–Kier alpha value is -0.790. The van der Waals surface area contributed by atoms with Crippen molar-refractivity contribution in [3.8, 4) is 0 Å². The smallest absolute Gasteiger partial charge is 0.165 e. The van der Waals surface area contributed by atoms with Crippen molar-refractivity contribution in [3.05, 3.63) is 11.8 Å². The summed E-state index contributed by atoms with van der Waals surface area (Å²) in [4.78, 5) is 12.4. The fourth-order valence-corrected chi connectivity index (χ4v) is 2.34. The quantitative estimate of drug-likeness (QED) is 0.486. The van der Waals surface area contributed by atoms with Crippen LogP contribution in [0.5, 0.6) is 0 Å². The van der Waals surface area contributed by atoms with E-state index in [1.807, 2.05) is 20.8 Å². The number of carbonyl (C=O) groups excluding carboxylic acids is 1. The average molecular weight is 254 g/mol. The Bertz CT molecular complexity index is 286. The third-order valence-corrected chi connectivity index (χ3v) is 5.00. The van der Waals surface area contributed by atoms with E-state index in [1.165, 1.54) is 6.08 Å². The van der Waals surface area contributed by atoms with E-state index in [9.17, 15) is 9.90 Å². The topological polar surface area (TPSA) is 37.3 Å². The number of carbonyl (C=O) groups is 1. The molecule has 1 N–H and O–H groups in total. The number of aliphatic hydroxyl groups is 1. The normalized spacial score (nSPS) is 13.8. The molecule has 18 heavy (non-hydrogen) atoms. The summed E-state index contributed by atoms with van der Waals surface area (Å²) in [6.45, 7) is 12.3. The molecular formula is C16H30O2. The van der Waals surface area contributed by atoms with Gasteiger partial charge in [0, 0.05) is 16.9 Å². The first-order valence-electron chi connectivity index (χ1n) is 7.31. The SMILES string of the molecule is CCC(C)(CC)C(O)=CC(=O)C(CC)(CC)CC. The maximum atomic E-state index is 12.4. The Balaban J connectivity index is 5.24. The zero-order valence-electron chi connectivity index (χ0n) is 13.0. The van der Waals surface area contributed by atoms with Crippen LogP contribution in [-0.4, -0.2) is 10.9 Å². The van der Waals surface area contributed by atoms with Crippen LogP contribution in [0.15, 0.2) is 11.8 Å². The maximum absolute atomic E-state index is 12.4. The maximum Gasteiger partial charge on any atom is 0.165 e. The Morgan fingerprint density at radius 1 is 0.944 bits per heavy atom. The van der Waals surface area contributed by atoms with E-state index in [0.717, 1.165) is 32.1 Å². The minimum absolute atomic E-state index is 0.0839. The van der Waals surface area contributed by atoms with Gasteiger partial charge in [0.2, 0.25) is 0 Å². The van der Waals surface area contributed by atoms with E-state index in [2.05, 4.69) is 20.8 Å². The molecule has 0 atom stereocenters. The van der Waals surface area contributed by atoms with Gasteiger partial charge in [-0.1, -0.05) is 41.5 Å². The van der Waals surface area contributed by atoms with Gasteiger partial charge in [0.15, 0.2) is 5.78 Å². The molecule has 0 aromatic carbocycles. The Morgan fingerprint density at radius 2 is 1.33 bits per heavy atom. The van der Waals surface area contributed by atoms with Crippen LogP contribution in [0.25, 0.3) is 0 Å². The molecule has 0 bridgehead atoms. The standard InChI is InChI=1S/C16H30O2/c1-7-15(6,8-2)13(17)12-14(18)16(9-3,10-4)11-5/h12,17H,7-11H2,1-6H3. The lowest BCUT2D eigenvalue weighted by Gasteiger charge is -2.30. The third kappa shape index (κ3) is 3.37. The van der Waals surface area contributed by atoms with E-state index in [-0.39, 0.29) is 22.4 Å². The molecule has 0 saturated carbocycles. The highest BCUT2D eigenvalue weighted by Gasteiger charge is 2.33. The van der Waals surface area contributed by atoms with Gasteiger partial charge in [-0.15, -0.1) is 0 Å². The van der Waals surface area contributed by atoms with Gasteiger partial charge < -0.3 is 5.11 Å². The molecular weight excluding hydrogens is 224 g/mol. The molecule has 106 valence electrons. The number of hydrogen-bond acceptors (Lipinski definition) is 2. The van der Waals surface area contributed by atoms with Crippen LogP contribution in [0, 0.1) is 10.8 Å². The van der Waals surface area contributed by atoms with E-state index in [4.69, 9.17) is 0 Å². The zero-order chi connectivity index (χ0) is 14.4. The van der Waals surface area contributed by atoms with Crippen molar-refractivity contribution < 1.29 is 9.90 Å². The molecule has 0 aromatic heterocycles. The molecule has 0 aromatic rings. The summed E-state index contributed by atoms with van der Waals surface area (Å²) < 4.78 is 0. The molecule has 0 amide bonds. The van der Waals surface area contributed by atoms with Crippen LogP contribution < -0.4 is 0 Å². The van der Waals surface area contributed by atoms with Crippen LogP contribution in [0.2, 0.25) is 0 Å². The number of allylic oxidation sites excluding steroid dienone is 2. The first kappa shape index (κ1) is 17.2. The van der Waals surface area contributed by atoms with Crippen LogP contribution in [-0.2, 0) is 4.79 Å². The second-order valence-electron chi connectivity index (χ2n) is 5.50. The van der Waals surface area contributed by atoms with Crippen molar-refractivity contribution in [2.45, 2.75) is 73.6 Å². The molecule has 0 radical (unpaired) electrons.